The fourth-order valence-corrected chi connectivity index (χ4v) is 2.80. The van der Waals surface area contributed by atoms with Gasteiger partial charge in [0.1, 0.15) is 0 Å². The number of nitrogens with one attached hydrogen (secondary N) is 1. The lowest BCUT2D eigenvalue weighted by molar-refractivity contribution is 0.0902. The molecule has 1 aromatic heterocycles. The van der Waals surface area contributed by atoms with Crippen LogP contribution >= 0.6 is 11.3 Å². The van der Waals surface area contributed by atoms with E-state index >= 15 is 0 Å². The predicted octanol–water partition coefficient (Wildman–Crippen LogP) is 1.34. The van der Waals surface area contributed by atoms with Gasteiger partial charge in [-0.3, -0.25) is 9.59 Å². The van der Waals surface area contributed by atoms with Gasteiger partial charge >= 0.3 is 0 Å². The van der Waals surface area contributed by atoms with E-state index < -0.39 is 11.4 Å². The average molecular weight is 283 g/mol. The van der Waals surface area contributed by atoms with Gasteiger partial charge in [0, 0.05) is 11.9 Å². The molecule has 0 aliphatic carbocycles. The van der Waals surface area contributed by atoms with Gasteiger partial charge in [0.25, 0.3) is 5.91 Å². The highest BCUT2D eigenvalue weighted by Crippen LogP contribution is 2.19. The molecule has 19 heavy (non-hydrogen) atoms. The normalized spacial score (nSPS) is 14.2. The van der Waals surface area contributed by atoms with Crippen LogP contribution in [0.3, 0.4) is 0 Å². The van der Waals surface area contributed by atoms with E-state index in [9.17, 15) is 9.59 Å². The topological polar surface area (TPSA) is 98.2 Å². The molecule has 5 N–H and O–H groups in total. The zero-order valence-corrected chi connectivity index (χ0v) is 12.3. The van der Waals surface area contributed by atoms with Gasteiger partial charge in [0.15, 0.2) is 0 Å². The molecule has 1 unspecified atom stereocenters. The van der Waals surface area contributed by atoms with Crippen molar-refractivity contribution in [1.29, 1.82) is 0 Å². The summed E-state index contributed by atoms with van der Waals surface area (Å²) in [6.07, 6.45) is 0.795. The highest BCUT2D eigenvalue weighted by Gasteiger charge is 2.27. The number of amides is 2. The molecule has 2 amide bonds. The Morgan fingerprint density at radius 3 is 2.53 bits per heavy atom. The zero-order chi connectivity index (χ0) is 14.6. The third-order valence-corrected chi connectivity index (χ3v) is 3.76. The highest BCUT2D eigenvalue weighted by atomic mass is 32.1. The predicted molar refractivity (Wildman–Crippen MR) is 77.2 cm³/mol. The molecular weight excluding hydrogens is 262 g/mol. The van der Waals surface area contributed by atoms with Crippen molar-refractivity contribution in [3.8, 4) is 0 Å². The van der Waals surface area contributed by atoms with Crippen molar-refractivity contribution in [2.75, 3.05) is 6.54 Å². The smallest absolute Gasteiger partial charge is 0.261 e. The molecule has 1 rings (SSSR count). The summed E-state index contributed by atoms with van der Waals surface area (Å²) in [5, 5.41) is 4.52. The van der Waals surface area contributed by atoms with E-state index in [-0.39, 0.29) is 5.91 Å². The Morgan fingerprint density at radius 1 is 1.47 bits per heavy atom. The van der Waals surface area contributed by atoms with E-state index in [1.54, 1.807) is 5.38 Å². The monoisotopic (exact) mass is 283 g/mol. The van der Waals surface area contributed by atoms with Gasteiger partial charge in [-0.05, 0) is 25.3 Å². The maximum atomic E-state index is 12.1. The molecule has 1 atom stereocenters. The van der Waals surface area contributed by atoms with E-state index in [1.807, 2.05) is 6.92 Å². The van der Waals surface area contributed by atoms with Crippen molar-refractivity contribution in [2.24, 2.45) is 17.4 Å². The van der Waals surface area contributed by atoms with Crippen molar-refractivity contribution in [3.63, 3.8) is 0 Å². The molecule has 0 saturated carbocycles. The fraction of sp³-hybridized carbons (Fsp3) is 0.538. The van der Waals surface area contributed by atoms with Crippen LogP contribution in [0.15, 0.2) is 11.4 Å². The minimum absolute atomic E-state index is 0.217. The lowest BCUT2D eigenvalue weighted by Crippen LogP contribution is -2.52. The molecule has 1 heterocycles. The van der Waals surface area contributed by atoms with Crippen LogP contribution in [0.1, 0.15) is 47.2 Å². The highest BCUT2D eigenvalue weighted by molar-refractivity contribution is 7.12. The van der Waals surface area contributed by atoms with Gasteiger partial charge in [-0.2, -0.15) is 0 Å². The quantitative estimate of drug-likeness (QED) is 0.734. The molecule has 5 nitrogen and oxygen atoms in total. The third-order valence-electron chi connectivity index (χ3n) is 2.83. The van der Waals surface area contributed by atoms with Crippen LogP contribution in [0.25, 0.3) is 0 Å². The van der Waals surface area contributed by atoms with E-state index in [4.69, 9.17) is 11.5 Å². The Morgan fingerprint density at radius 2 is 2.11 bits per heavy atom. The van der Waals surface area contributed by atoms with Crippen LogP contribution in [-0.2, 0) is 0 Å². The Labute approximate surface area is 117 Å². The molecule has 1 aromatic rings. The van der Waals surface area contributed by atoms with E-state index in [0.29, 0.717) is 22.9 Å². The molecule has 0 radical (unpaired) electrons. The van der Waals surface area contributed by atoms with Crippen molar-refractivity contribution >= 4 is 23.2 Å². The van der Waals surface area contributed by atoms with Gasteiger partial charge in [-0.1, -0.05) is 13.8 Å². The molecule has 0 aliphatic heterocycles. The lowest BCUT2D eigenvalue weighted by atomic mass is 9.90. The SMILES string of the molecule is CC(C)CC(C)(CN)NC(=O)c1cc(C(N)=O)cs1. The number of primary amides is 1. The molecule has 0 bridgehead atoms. The maximum absolute atomic E-state index is 12.1. The average Bonchev–Trinajstić information content (AvgIpc) is 2.77. The Balaban J connectivity index is 2.79. The molecule has 0 fully saturated rings. The zero-order valence-electron chi connectivity index (χ0n) is 11.5. The van der Waals surface area contributed by atoms with Gasteiger partial charge in [0.05, 0.1) is 16.0 Å². The molecule has 0 spiro atoms. The summed E-state index contributed by atoms with van der Waals surface area (Å²) in [4.78, 5) is 23.6. The first-order chi connectivity index (χ1) is 8.77. The number of thiophene rings is 1. The summed E-state index contributed by atoms with van der Waals surface area (Å²) < 4.78 is 0. The summed E-state index contributed by atoms with van der Waals surface area (Å²) >= 11 is 1.20. The van der Waals surface area contributed by atoms with E-state index in [0.717, 1.165) is 6.42 Å². The van der Waals surface area contributed by atoms with E-state index in [2.05, 4.69) is 19.2 Å². The van der Waals surface area contributed by atoms with Gasteiger partial charge in [-0.25, -0.2) is 0 Å². The van der Waals surface area contributed by atoms with Gasteiger partial charge in [-0.15, -0.1) is 11.3 Å². The standard InChI is InChI=1S/C13H21N3O2S/c1-8(2)5-13(3,7-14)16-12(18)10-4-9(6-19-10)11(15)17/h4,6,8H,5,7,14H2,1-3H3,(H2,15,17)(H,16,18). The molecule has 106 valence electrons. The van der Waals surface area contributed by atoms with Crippen LogP contribution in [0.5, 0.6) is 0 Å². The summed E-state index contributed by atoms with van der Waals surface area (Å²) in [5.74, 6) is -0.316. The van der Waals surface area contributed by atoms with Crippen molar-refractivity contribution in [3.05, 3.63) is 21.9 Å². The van der Waals surface area contributed by atoms with Crippen LogP contribution in [0.4, 0.5) is 0 Å². The van der Waals surface area contributed by atoms with Crippen LogP contribution in [0.2, 0.25) is 0 Å². The Kier molecular flexibility index (Phi) is 5.08. The van der Waals surface area contributed by atoms with Crippen molar-refractivity contribution in [1.82, 2.24) is 5.32 Å². The van der Waals surface area contributed by atoms with Crippen LogP contribution in [-0.4, -0.2) is 23.9 Å². The second-order valence-electron chi connectivity index (χ2n) is 5.38. The minimum atomic E-state index is -0.529. The van der Waals surface area contributed by atoms with Crippen LogP contribution in [0, 0.1) is 5.92 Å². The minimum Gasteiger partial charge on any atom is -0.366 e. The molecule has 0 aliphatic rings. The molecule has 6 heteroatoms. The number of nitrogens with two attached hydrogens (primary N) is 2. The Bertz CT molecular complexity index is 470. The van der Waals surface area contributed by atoms with Gasteiger partial charge in [0.2, 0.25) is 5.91 Å². The largest absolute Gasteiger partial charge is 0.366 e. The number of carbonyl (C=O) groups is 2. The molecule has 0 aromatic carbocycles. The fourth-order valence-electron chi connectivity index (χ4n) is 2.01. The summed E-state index contributed by atoms with van der Waals surface area (Å²) in [5.41, 5.74) is 10.8. The molecule has 0 saturated heterocycles. The van der Waals surface area contributed by atoms with E-state index in [1.165, 1.54) is 17.4 Å². The lowest BCUT2D eigenvalue weighted by Gasteiger charge is -2.31. The third kappa shape index (κ3) is 4.33. The summed E-state index contributed by atoms with van der Waals surface area (Å²) in [7, 11) is 0. The van der Waals surface area contributed by atoms with Crippen molar-refractivity contribution < 1.29 is 9.59 Å². The number of rotatable bonds is 6. The van der Waals surface area contributed by atoms with Gasteiger partial charge < -0.3 is 16.8 Å². The second-order valence-corrected chi connectivity index (χ2v) is 6.29. The van der Waals surface area contributed by atoms with Crippen LogP contribution < -0.4 is 16.8 Å². The molecular formula is C13H21N3O2S. The van der Waals surface area contributed by atoms with Crippen molar-refractivity contribution in [2.45, 2.75) is 32.7 Å². The first kappa shape index (κ1) is 15.7. The summed E-state index contributed by atoms with van der Waals surface area (Å²) in [6.45, 7) is 6.45. The first-order valence-electron chi connectivity index (χ1n) is 6.18. The number of hydrogen-bond donors (Lipinski definition) is 3. The number of hydrogen-bond acceptors (Lipinski definition) is 4. The summed E-state index contributed by atoms with van der Waals surface area (Å²) in [6, 6.07) is 1.51. The number of carbonyl (C=O) groups excluding carboxylic acids is 2. The second kappa shape index (κ2) is 6.16. The first-order valence-corrected chi connectivity index (χ1v) is 7.06. The maximum Gasteiger partial charge on any atom is 0.261 e. The Hall–Kier alpha value is -1.40.